The SMILES string of the molecule is CC(C)C(O)C(C)(C)CNC(=O)Nc1c(F)cccc1F. The molecule has 118 valence electrons. The fraction of sp³-hybridized carbons (Fsp3) is 0.533. The summed E-state index contributed by atoms with van der Waals surface area (Å²) in [6.07, 6.45) is -0.608. The number of para-hydroxylation sites is 1. The first-order valence-electron chi connectivity index (χ1n) is 6.82. The van der Waals surface area contributed by atoms with Crippen LogP contribution in [0, 0.1) is 23.0 Å². The van der Waals surface area contributed by atoms with Crippen molar-refractivity contribution in [3.63, 3.8) is 0 Å². The molecule has 2 amide bonds. The van der Waals surface area contributed by atoms with E-state index < -0.39 is 34.9 Å². The van der Waals surface area contributed by atoms with E-state index in [1.165, 1.54) is 6.07 Å². The summed E-state index contributed by atoms with van der Waals surface area (Å²) in [6.45, 7) is 7.54. The minimum Gasteiger partial charge on any atom is -0.392 e. The van der Waals surface area contributed by atoms with Gasteiger partial charge in [0.2, 0.25) is 0 Å². The molecule has 6 heteroatoms. The van der Waals surface area contributed by atoms with Crippen LogP contribution in [0.5, 0.6) is 0 Å². The zero-order valence-electron chi connectivity index (χ0n) is 12.7. The predicted molar refractivity (Wildman–Crippen MR) is 78.0 cm³/mol. The Labute approximate surface area is 123 Å². The number of urea groups is 1. The standard InChI is InChI=1S/C15H22F2N2O2/c1-9(2)13(20)15(3,4)8-18-14(21)19-12-10(16)6-5-7-11(12)17/h5-7,9,13,20H,8H2,1-4H3,(H2,18,19,21). The van der Waals surface area contributed by atoms with E-state index in [-0.39, 0.29) is 12.5 Å². The summed E-state index contributed by atoms with van der Waals surface area (Å²) in [6, 6.07) is 2.62. The Kier molecular flexibility index (Phi) is 5.66. The quantitative estimate of drug-likeness (QED) is 0.782. The van der Waals surface area contributed by atoms with E-state index in [2.05, 4.69) is 10.6 Å². The lowest BCUT2D eigenvalue weighted by molar-refractivity contribution is 0.0154. The van der Waals surface area contributed by atoms with E-state index in [1.807, 2.05) is 27.7 Å². The van der Waals surface area contributed by atoms with Crippen LogP contribution in [0.4, 0.5) is 19.3 Å². The van der Waals surface area contributed by atoms with E-state index in [4.69, 9.17) is 0 Å². The van der Waals surface area contributed by atoms with E-state index in [0.29, 0.717) is 0 Å². The summed E-state index contributed by atoms with van der Waals surface area (Å²) in [5.74, 6) is -1.65. The van der Waals surface area contributed by atoms with Crippen LogP contribution >= 0.6 is 0 Å². The minimum atomic E-state index is -0.841. The summed E-state index contributed by atoms with van der Waals surface area (Å²) in [5, 5.41) is 14.7. The molecule has 0 aliphatic heterocycles. The summed E-state index contributed by atoms with van der Waals surface area (Å²) in [7, 11) is 0. The van der Waals surface area contributed by atoms with Crippen LogP contribution in [0.25, 0.3) is 0 Å². The van der Waals surface area contributed by atoms with Gasteiger partial charge in [0.1, 0.15) is 17.3 Å². The highest BCUT2D eigenvalue weighted by molar-refractivity contribution is 5.89. The number of nitrogens with one attached hydrogen (secondary N) is 2. The molecule has 3 N–H and O–H groups in total. The number of aliphatic hydroxyl groups is 1. The van der Waals surface area contributed by atoms with Gasteiger partial charge in [0.25, 0.3) is 0 Å². The Morgan fingerprint density at radius 1 is 1.29 bits per heavy atom. The van der Waals surface area contributed by atoms with Gasteiger partial charge in [-0.2, -0.15) is 0 Å². The Balaban J connectivity index is 2.63. The van der Waals surface area contributed by atoms with Crippen molar-refractivity contribution >= 4 is 11.7 Å². The molecular formula is C15H22F2N2O2. The van der Waals surface area contributed by atoms with Crippen LogP contribution in [-0.4, -0.2) is 23.8 Å². The number of carbonyl (C=O) groups is 1. The number of anilines is 1. The van der Waals surface area contributed by atoms with Crippen LogP contribution in [0.15, 0.2) is 18.2 Å². The molecule has 0 heterocycles. The van der Waals surface area contributed by atoms with Crippen LogP contribution in [0.1, 0.15) is 27.7 Å². The molecule has 0 spiro atoms. The summed E-state index contributed by atoms with van der Waals surface area (Å²) >= 11 is 0. The molecule has 0 fully saturated rings. The lowest BCUT2D eigenvalue weighted by Gasteiger charge is -2.33. The van der Waals surface area contributed by atoms with Crippen molar-refractivity contribution in [2.45, 2.75) is 33.8 Å². The van der Waals surface area contributed by atoms with Crippen molar-refractivity contribution in [3.05, 3.63) is 29.8 Å². The van der Waals surface area contributed by atoms with Crippen molar-refractivity contribution in [1.82, 2.24) is 5.32 Å². The topological polar surface area (TPSA) is 61.4 Å². The smallest absolute Gasteiger partial charge is 0.319 e. The van der Waals surface area contributed by atoms with Gasteiger partial charge in [-0.1, -0.05) is 33.8 Å². The number of hydrogen-bond acceptors (Lipinski definition) is 2. The lowest BCUT2D eigenvalue weighted by atomic mass is 9.81. The van der Waals surface area contributed by atoms with Gasteiger partial charge >= 0.3 is 6.03 Å². The number of benzene rings is 1. The Morgan fingerprint density at radius 3 is 2.29 bits per heavy atom. The number of hydrogen-bond donors (Lipinski definition) is 3. The Bertz CT molecular complexity index is 484. The van der Waals surface area contributed by atoms with Crippen LogP contribution < -0.4 is 10.6 Å². The molecule has 0 saturated heterocycles. The average Bonchev–Trinajstić information content (AvgIpc) is 2.40. The zero-order chi connectivity index (χ0) is 16.2. The third kappa shape index (κ3) is 4.67. The highest BCUT2D eigenvalue weighted by Gasteiger charge is 2.30. The van der Waals surface area contributed by atoms with Crippen LogP contribution in [0.3, 0.4) is 0 Å². The normalized spacial score (nSPS) is 13.1. The molecule has 0 saturated carbocycles. The highest BCUT2D eigenvalue weighted by Crippen LogP contribution is 2.25. The van der Waals surface area contributed by atoms with Gasteiger partial charge in [0.15, 0.2) is 0 Å². The molecule has 1 unspecified atom stereocenters. The van der Waals surface area contributed by atoms with Crippen molar-refractivity contribution in [2.75, 3.05) is 11.9 Å². The maximum absolute atomic E-state index is 13.4. The van der Waals surface area contributed by atoms with E-state index in [1.54, 1.807) is 0 Å². The highest BCUT2D eigenvalue weighted by atomic mass is 19.1. The average molecular weight is 300 g/mol. The summed E-state index contributed by atoms with van der Waals surface area (Å²) in [5.41, 5.74) is -1.04. The molecule has 0 aromatic heterocycles. The molecule has 21 heavy (non-hydrogen) atoms. The summed E-state index contributed by atoms with van der Waals surface area (Å²) < 4.78 is 26.8. The molecule has 0 bridgehead atoms. The van der Waals surface area contributed by atoms with Gasteiger partial charge < -0.3 is 15.7 Å². The van der Waals surface area contributed by atoms with Crippen LogP contribution in [-0.2, 0) is 0 Å². The van der Waals surface area contributed by atoms with Gasteiger partial charge in [-0.05, 0) is 18.1 Å². The second-order valence-corrected chi connectivity index (χ2v) is 6.08. The fourth-order valence-corrected chi connectivity index (χ4v) is 2.09. The van der Waals surface area contributed by atoms with E-state index >= 15 is 0 Å². The Morgan fingerprint density at radius 2 is 1.81 bits per heavy atom. The van der Waals surface area contributed by atoms with Gasteiger partial charge in [-0.25, -0.2) is 13.6 Å². The fourth-order valence-electron chi connectivity index (χ4n) is 2.09. The first kappa shape index (κ1) is 17.4. The number of amides is 2. The monoisotopic (exact) mass is 300 g/mol. The largest absolute Gasteiger partial charge is 0.392 e. The molecule has 1 rings (SSSR count). The summed E-state index contributed by atoms with van der Waals surface area (Å²) in [4.78, 5) is 11.7. The number of aliphatic hydroxyl groups excluding tert-OH is 1. The van der Waals surface area contributed by atoms with Crippen molar-refractivity contribution in [2.24, 2.45) is 11.3 Å². The predicted octanol–water partition coefficient (Wildman–Crippen LogP) is 3.13. The van der Waals surface area contributed by atoms with Crippen molar-refractivity contribution in [1.29, 1.82) is 0 Å². The minimum absolute atomic E-state index is 0.0360. The zero-order valence-corrected chi connectivity index (χ0v) is 12.7. The maximum atomic E-state index is 13.4. The first-order chi connectivity index (χ1) is 9.65. The van der Waals surface area contributed by atoms with E-state index in [0.717, 1.165) is 12.1 Å². The van der Waals surface area contributed by atoms with Crippen LogP contribution in [0.2, 0.25) is 0 Å². The molecule has 1 atom stereocenters. The van der Waals surface area contributed by atoms with Gasteiger partial charge in [-0.3, -0.25) is 0 Å². The number of carbonyl (C=O) groups excluding carboxylic acids is 1. The van der Waals surface area contributed by atoms with Gasteiger partial charge in [-0.15, -0.1) is 0 Å². The van der Waals surface area contributed by atoms with E-state index in [9.17, 15) is 18.7 Å². The van der Waals surface area contributed by atoms with Crippen molar-refractivity contribution in [3.8, 4) is 0 Å². The maximum Gasteiger partial charge on any atom is 0.319 e. The second kappa shape index (κ2) is 6.85. The van der Waals surface area contributed by atoms with Crippen molar-refractivity contribution < 1.29 is 18.7 Å². The Hall–Kier alpha value is -1.69. The lowest BCUT2D eigenvalue weighted by Crippen LogP contribution is -2.44. The molecule has 1 aromatic rings. The number of rotatable bonds is 5. The third-order valence-electron chi connectivity index (χ3n) is 3.34. The third-order valence-corrected chi connectivity index (χ3v) is 3.34. The molecule has 1 aromatic carbocycles. The first-order valence-corrected chi connectivity index (χ1v) is 6.82. The molecular weight excluding hydrogens is 278 g/mol. The molecule has 0 aliphatic rings. The second-order valence-electron chi connectivity index (χ2n) is 6.08. The molecule has 4 nitrogen and oxygen atoms in total. The van der Waals surface area contributed by atoms with Gasteiger partial charge in [0, 0.05) is 12.0 Å². The van der Waals surface area contributed by atoms with Gasteiger partial charge in [0.05, 0.1) is 6.10 Å². The molecule has 0 aliphatic carbocycles. The molecule has 0 radical (unpaired) electrons. The number of halogens is 2.